The zero-order valence-electron chi connectivity index (χ0n) is 16.1. The first-order chi connectivity index (χ1) is 13.4. The maximum atomic E-state index is 12.5. The van der Waals surface area contributed by atoms with E-state index in [-0.39, 0.29) is 5.91 Å². The molecule has 3 aromatic carbocycles. The van der Waals surface area contributed by atoms with Crippen molar-refractivity contribution in [1.29, 1.82) is 0 Å². The molecule has 1 N–H and O–H groups in total. The van der Waals surface area contributed by atoms with Crippen LogP contribution in [0.1, 0.15) is 11.1 Å². The first kappa shape index (κ1) is 19.9. The number of halogens is 1. The zero-order valence-corrected chi connectivity index (χ0v) is 16.8. The van der Waals surface area contributed by atoms with Crippen molar-refractivity contribution in [2.24, 2.45) is 0 Å². The second-order valence-corrected chi connectivity index (χ2v) is 7.33. The third kappa shape index (κ3) is 4.89. The number of hydrogen-bond donors (Lipinski definition) is 1. The van der Waals surface area contributed by atoms with E-state index in [1.54, 1.807) is 0 Å². The molecule has 3 aromatic rings. The van der Waals surface area contributed by atoms with Crippen LogP contribution in [0.5, 0.6) is 0 Å². The Bertz CT molecular complexity index is 976. The van der Waals surface area contributed by atoms with Crippen molar-refractivity contribution in [2.45, 2.75) is 6.54 Å². The molecule has 4 heteroatoms. The minimum absolute atomic E-state index is 0.217. The van der Waals surface area contributed by atoms with E-state index in [0.29, 0.717) is 10.6 Å². The fraction of sp³-hybridized carbons (Fsp3) is 0.125. The quantitative estimate of drug-likeness (QED) is 0.546. The molecule has 28 heavy (non-hydrogen) atoms. The fourth-order valence-corrected chi connectivity index (χ4v) is 3.19. The van der Waals surface area contributed by atoms with Crippen molar-refractivity contribution in [3.63, 3.8) is 0 Å². The zero-order chi connectivity index (χ0) is 20.1. The summed E-state index contributed by atoms with van der Waals surface area (Å²) in [5.74, 6) is -0.217. The molecule has 0 saturated carbocycles. The van der Waals surface area contributed by atoms with Crippen LogP contribution in [-0.2, 0) is 11.3 Å². The van der Waals surface area contributed by atoms with Crippen molar-refractivity contribution >= 4 is 28.8 Å². The Kier molecular flexibility index (Phi) is 6.30. The lowest BCUT2D eigenvalue weighted by atomic mass is 10.0. The van der Waals surface area contributed by atoms with Crippen LogP contribution in [0.3, 0.4) is 0 Å². The largest absolute Gasteiger partial charge is 0.322 e. The van der Waals surface area contributed by atoms with Crippen LogP contribution in [0.25, 0.3) is 16.7 Å². The Morgan fingerprint density at radius 2 is 1.61 bits per heavy atom. The van der Waals surface area contributed by atoms with Gasteiger partial charge in [-0.25, -0.2) is 0 Å². The number of nitrogens with zero attached hydrogens (tertiary/aromatic N) is 1. The Balaban J connectivity index is 1.68. The highest BCUT2D eigenvalue weighted by atomic mass is 35.5. The fourth-order valence-electron chi connectivity index (χ4n) is 2.94. The Labute approximate surface area is 171 Å². The van der Waals surface area contributed by atoms with Crippen LogP contribution in [0.4, 0.5) is 5.69 Å². The molecular weight excluding hydrogens is 368 g/mol. The predicted molar refractivity (Wildman–Crippen MR) is 118 cm³/mol. The SMILES string of the molecule is C=C(C(=O)Nc1ccc(CN(C)C)cc1)c1ccc(-c2ccccc2Cl)cc1. The second-order valence-electron chi connectivity index (χ2n) is 6.92. The lowest BCUT2D eigenvalue weighted by Crippen LogP contribution is -2.13. The van der Waals surface area contributed by atoms with Crippen molar-refractivity contribution in [3.05, 3.63) is 95.5 Å². The standard InChI is InChI=1S/C24H23ClN2O/c1-17(24(28)26-21-14-8-18(9-15-21)16-27(2)3)19-10-12-20(13-11-19)22-6-4-5-7-23(22)25/h4-15H,1,16H2,2-3H3,(H,26,28). The number of amides is 1. The summed E-state index contributed by atoms with van der Waals surface area (Å²) in [6.07, 6.45) is 0. The van der Waals surface area contributed by atoms with Gasteiger partial charge in [0.05, 0.1) is 0 Å². The van der Waals surface area contributed by atoms with Crippen molar-refractivity contribution in [1.82, 2.24) is 4.90 Å². The number of rotatable bonds is 6. The molecule has 0 unspecified atom stereocenters. The predicted octanol–water partition coefficient (Wildman–Crippen LogP) is 5.72. The number of benzene rings is 3. The normalized spacial score (nSPS) is 10.7. The third-order valence-corrected chi connectivity index (χ3v) is 4.73. The molecular formula is C24H23ClN2O. The highest BCUT2D eigenvalue weighted by Crippen LogP contribution is 2.28. The Hall–Kier alpha value is -2.88. The lowest BCUT2D eigenvalue weighted by Gasteiger charge is -2.12. The number of carbonyl (C=O) groups is 1. The van der Waals surface area contributed by atoms with Gasteiger partial charge >= 0.3 is 0 Å². The highest BCUT2D eigenvalue weighted by Gasteiger charge is 2.11. The van der Waals surface area contributed by atoms with Crippen LogP contribution < -0.4 is 5.32 Å². The summed E-state index contributed by atoms with van der Waals surface area (Å²) in [5, 5.41) is 3.60. The molecule has 0 spiro atoms. The van der Waals surface area contributed by atoms with Crippen molar-refractivity contribution < 1.29 is 4.79 Å². The van der Waals surface area contributed by atoms with Gasteiger partial charge in [-0.05, 0) is 49.0 Å². The van der Waals surface area contributed by atoms with Gasteiger partial charge in [0.25, 0.3) is 5.91 Å². The van der Waals surface area contributed by atoms with Gasteiger partial charge in [-0.1, -0.05) is 72.8 Å². The molecule has 3 nitrogen and oxygen atoms in total. The lowest BCUT2D eigenvalue weighted by molar-refractivity contribution is -0.111. The number of anilines is 1. The molecule has 0 radical (unpaired) electrons. The molecule has 1 amide bonds. The minimum Gasteiger partial charge on any atom is -0.322 e. The highest BCUT2D eigenvalue weighted by molar-refractivity contribution is 6.33. The summed E-state index contributed by atoms with van der Waals surface area (Å²) in [6.45, 7) is 4.81. The summed E-state index contributed by atoms with van der Waals surface area (Å²) in [6, 6.07) is 23.2. The van der Waals surface area contributed by atoms with E-state index in [4.69, 9.17) is 11.6 Å². The molecule has 0 bridgehead atoms. The summed E-state index contributed by atoms with van der Waals surface area (Å²) >= 11 is 6.26. The molecule has 0 saturated heterocycles. The first-order valence-corrected chi connectivity index (χ1v) is 9.41. The van der Waals surface area contributed by atoms with Gasteiger partial charge in [0.1, 0.15) is 0 Å². The van der Waals surface area contributed by atoms with Crippen molar-refractivity contribution in [3.8, 4) is 11.1 Å². The second kappa shape index (κ2) is 8.87. The maximum Gasteiger partial charge on any atom is 0.255 e. The monoisotopic (exact) mass is 390 g/mol. The number of hydrogen-bond acceptors (Lipinski definition) is 2. The Morgan fingerprint density at radius 3 is 2.21 bits per heavy atom. The summed E-state index contributed by atoms with van der Waals surface area (Å²) in [7, 11) is 4.05. The molecule has 0 heterocycles. The van der Waals surface area contributed by atoms with Crippen LogP contribution in [0.2, 0.25) is 5.02 Å². The van der Waals surface area contributed by atoms with Gasteiger partial charge in [0.15, 0.2) is 0 Å². The van der Waals surface area contributed by atoms with Gasteiger partial charge in [0.2, 0.25) is 0 Å². The van der Waals surface area contributed by atoms with Crippen LogP contribution in [0.15, 0.2) is 79.4 Å². The van der Waals surface area contributed by atoms with Gasteiger partial charge in [-0.2, -0.15) is 0 Å². The molecule has 0 aromatic heterocycles. The van der Waals surface area contributed by atoms with E-state index < -0.39 is 0 Å². The summed E-state index contributed by atoms with van der Waals surface area (Å²) < 4.78 is 0. The molecule has 0 atom stereocenters. The molecule has 0 aliphatic rings. The minimum atomic E-state index is -0.217. The molecule has 0 aliphatic carbocycles. The third-order valence-electron chi connectivity index (χ3n) is 4.40. The van der Waals surface area contributed by atoms with Gasteiger partial charge in [-0.3, -0.25) is 4.79 Å². The van der Waals surface area contributed by atoms with Gasteiger partial charge in [-0.15, -0.1) is 0 Å². The summed E-state index contributed by atoms with van der Waals surface area (Å²) in [5.41, 5.74) is 5.10. The number of nitrogens with one attached hydrogen (secondary N) is 1. The van der Waals surface area contributed by atoms with Gasteiger partial charge in [0, 0.05) is 28.4 Å². The molecule has 142 valence electrons. The summed E-state index contributed by atoms with van der Waals surface area (Å²) in [4.78, 5) is 14.6. The van der Waals surface area contributed by atoms with E-state index in [9.17, 15) is 4.79 Å². The number of carbonyl (C=O) groups excluding carboxylic acids is 1. The van der Waals surface area contributed by atoms with E-state index in [0.717, 1.165) is 28.9 Å². The Morgan fingerprint density at radius 1 is 0.964 bits per heavy atom. The van der Waals surface area contributed by atoms with E-state index in [2.05, 4.69) is 16.8 Å². The topological polar surface area (TPSA) is 32.3 Å². The van der Waals surface area contributed by atoms with Crippen molar-refractivity contribution in [2.75, 3.05) is 19.4 Å². The van der Waals surface area contributed by atoms with Crippen LogP contribution in [-0.4, -0.2) is 24.9 Å². The van der Waals surface area contributed by atoms with Crippen LogP contribution >= 0.6 is 11.6 Å². The average molecular weight is 391 g/mol. The smallest absolute Gasteiger partial charge is 0.255 e. The van der Waals surface area contributed by atoms with E-state index >= 15 is 0 Å². The molecule has 3 rings (SSSR count). The molecule has 0 aliphatic heterocycles. The van der Waals surface area contributed by atoms with Crippen LogP contribution in [0, 0.1) is 0 Å². The molecule has 0 fully saturated rings. The van der Waals surface area contributed by atoms with Gasteiger partial charge < -0.3 is 10.2 Å². The van der Waals surface area contributed by atoms with E-state index in [1.807, 2.05) is 86.9 Å². The maximum absolute atomic E-state index is 12.5. The average Bonchev–Trinajstić information content (AvgIpc) is 2.69. The first-order valence-electron chi connectivity index (χ1n) is 9.03. The van der Waals surface area contributed by atoms with E-state index in [1.165, 1.54) is 5.56 Å².